The maximum atomic E-state index is 12.0. The van der Waals surface area contributed by atoms with Crippen LogP contribution in [0.4, 0.5) is 13.2 Å². The maximum Gasteiger partial charge on any atom is 0.508 e. The van der Waals surface area contributed by atoms with E-state index in [1.54, 1.807) is 13.8 Å². The highest BCUT2D eigenvalue weighted by Crippen LogP contribution is 2.29. The van der Waals surface area contributed by atoms with Crippen LogP contribution in [0.3, 0.4) is 0 Å². The molecule has 0 aromatic heterocycles. The van der Waals surface area contributed by atoms with Gasteiger partial charge in [0, 0.05) is 4.47 Å². The molecule has 1 aromatic carbocycles. The third-order valence-corrected chi connectivity index (χ3v) is 3.74. The molecule has 0 aliphatic carbocycles. The number of aryl methyl sites for hydroxylation is 2. The standard InChI is InChI=1S/C9H8BrF3O2S/c1-5-3-7(4-6(2)8(5)10)15-16(14)9(11,12)13/h3-4H,1-2H3. The van der Waals surface area contributed by atoms with E-state index in [4.69, 9.17) is 0 Å². The van der Waals surface area contributed by atoms with Gasteiger partial charge in [0.15, 0.2) is 0 Å². The van der Waals surface area contributed by atoms with Gasteiger partial charge in [-0.25, -0.2) is 4.21 Å². The van der Waals surface area contributed by atoms with Crippen LogP contribution in [-0.2, 0) is 11.1 Å². The summed E-state index contributed by atoms with van der Waals surface area (Å²) in [5.41, 5.74) is -3.43. The van der Waals surface area contributed by atoms with E-state index in [0.717, 1.165) is 4.47 Å². The summed E-state index contributed by atoms with van der Waals surface area (Å²) < 4.78 is 51.7. The molecule has 0 amide bonds. The lowest BCUT2D eigenvalue weighted by atomic mass is 10.1. The van der Waals surface area contributed by atoms with Crippen molar-refractivity contribution in [1.29, 1.82) is 0 Å². The van der Waals surface area contributed by atoms with Crippen LogP contribution in [0.2, 0.25) is 0 Å². The molecule has 2 nitrogen and oxygen atoms in total. The Morgan fingerprint density at radius 1 is 1.25 bits per heavy atom. The summed E-state index contributed by atoms with van der Waals surface area (Å²) in [5.74, 6) is -0.0612. The first-order valence-corrected chi connectivity index (χ1v) is 6.02. The molecule has 0 saturated heterocycles. The van der Waals surface area contributed by atoms with Crippen molar-refractivity contribution in [2.24, 2.45) is 0 Å². The summed E-state index contributed by atoms with van der Waals surface area (Å²) in [6, 6.07) is 2.78. The smallest absolute Gasteiger partial charge is 0.394 e. The van der Waals surface area contributed by atoms with Gasteiger partial charge in [-0.05, 0) is 37.1 Å². The van der Waals surface area contributed by atoms with Crippen molar-refractivity contribution in [3.05, 3.63) is 27.7 Å². The van der Waals surface area contributed by atoms with E-state index in [1.165, 1.54) is 12.1 Å². The monoisotopic (exact) mass is 316 g/mol. The summed E-state index contributed by atoms with van der Waals surface area (Å²) in [6.45, 7) is 3.42. The Morgan fingerprint density at radius 3 is 2.06 bits per heavy atom. The van der Waals surface area contributed by atoms with Crippen LogP contribution in [0.15, 0.2) is 16.6 Å². The number of hydrogen-bond acceptors (Lipinski definition) is 2. The Morgan fingerprint density at radius 2 is 1.69 bits per heavy atom. The first-order chi connectivity index (χ1) is 7.21. The molecule has 0 spiro atoms. The van der Waals surface area contributed by atoms with Crippen molar-refractivity contribution in [3.8, 4) is 5.75 Å². The largest absolute Gasteiger partial charge is 0.508 e. The van der Waals surface area contributed by atoms with Crippen molar-refractivity contribution >= 4 is 27.0 Å². The zero-order valence-corrected chi connectivity index (χ0v) is 10.8. The highest BCUT2D eigenvalue weighted by molar-refractivity contribution is 9.10. The van der Waals surface area contributed by atoms with Gasteiger partial charge in [-0.1, -0.05) is 15.9 Å². The van der Waals surface area contributed by atoms with E-state index in [1.807, 2.05) is 0 Å². The second-order valence-corrected chi connectivity index (χ2v) is 5.03. The highest BCUT2D eigenvalue weighted by Gasteiger charge is 2.40. The van der Waals surface area contributed by atoms with Gasteiger partial charge in [0.05, 0.1) is 0 Å². The summed E-state index contributed by atoms with van der Waals surface area (Å²) in [6.07, 6.45) is 0. The van der Waals surface area contributed by atoms with Crippen LogP contribution in [0.25, 0.3) is 0 Å². The fourth-order valence-corrected chi connectivity index (χ4v) is 1.68. The van der Waals surface area contributed by atoms with Crippen molar-refractivity contribution in [2.75, 3.05) is 0 Å². The van der Waals surface area contributed by atoms with E-state index in [0.29, 0.717) is 11.1 Å². The van der Waals surface area contributed by atoms with Crippen LogP contribution in [-0.4, -0.2) is 9.72 Å². The van der Waals surface area contributed by atoms with E-state index in [9.17, 15) is 17.4 Å². The topological polar surface area (TPSA) is 26.3 Å². The molecule has 0 heterocycles. The minimum Gasteiger partial charge on any atom is -0.394 e. The molecular formula is C9H8BrF3O2S. The van der Waals surface area contributed by atoms with Gasteiger partial charge in [-0.2, -0.15) is 13.2 Å². The van der Waals surface area contributed by atoms with E-state index in [2.05, 4.69) is 20.1 Å². The Balaban J connectivity index is 2.96. The first kappa shape index (κ1) is 13.5. The molecule has 0 saturated carbocycles. The van der Waals surface area contributed by atoms with Crippen molar-refractivity contribution in [2.45, 2.75) is 19.4 Å². The lowest BCUT2D eigenvalue weighted by molar-refractivity contribution is -0.0437. The second kappa shape index (κ2) is 4.75. The molecule has 0 fully saturated rings. The number of alkyl halides is 3. The van der Waals surface area contributed by atoms with Gasteiger partial charge >= 0.3 is 16.6 Å². The van der Waals surface area contributed by atoms with Gasteiger partial charge in [-0.15, -0.1) is 0 Å². The molecule has 7 heteroatoms. The van der Waals surface area contributed by atoms with Crippen LogP contribution in [0.1, 0.15) is 11.1 Å². The summed E-state index contributed by atoms with van der Waals surface area (Å²) in [4.78, 5) is 0. The first-order valence-electron chi connectivity index (χ1n) is 4.15. The fourth-order valence-electron chi connectivity index (χ4n) is 1.09. The Bertz CT molecular complexity index is 408. The molecule has 90 valence electrons. The van der Waals surface area contributed by atoms with E-state index in [-0.39, 0.29) is 5.75 Å². The third kappa shape index (κ3) is 3.21. The Hall–Kier alpha value is -0.560. The van der Waals surface area contributed by atoms with Crippen LogP contribution >= 0.6 is 15.9 Å². The van der Waals surface area contributed by atoms with Crippen molar-refractivity contribution in [1.82, 2.24) is 0 Å². The van der Waals surface area contributed by atoms with Crippen molar-refractivity contribution < 1.29 is 21.6 Å². The summed E-state index contributed by atoms with van der Waals surface area (Å²) >= 11 is -0.0614. The van der Waals surface area contributed by atoms with Gasteiger partial charge in [0.1, 0.15) is 5.75 Å². The summed E-state index contributed by atoms with van der Waals surface area (Å²) in [5, 5.41) is 0. The SMILES string of the molecule is Cc1cc(OS(=O)C(F)(F)F)cc(C)c1Br. The number of halogens is 4. The van der Waals surface area contributed by atoms with Gasteiger partial charge in [0.2, 0.25) is 0 Å². The van der Waals surface area contributed by atoms with E-state index >= 15 is 0 Å². The average molecular weight is 317 g/mol. The molecule has 1 unspecified atom stereocenters. The molecule has 0 aliphatic heterocycles. The van der Waals surface area contributed by atoms with Crippen LogP contribution < -0.4 is 4.18 Å². The highest BCUT2D eigenvalue weighted by atomic mass is 79.9. The molecule has 0 radical (unpaired) electrons. The molecule has 0 N–H and O–H groups in total. The normalized spacial score (nSPS) is 13.6. The average Bonchev–Trinajstić information content (AvgIpc) is 2.12. The zero-order chi connectivity index (χ0) is 12.5. The van der Waals surface area contributed by atoms with Gasteiger partial charge < -0.3 is 4.18 Å². The Labute approximate surface area is 102 Å². The number of benzene rings is 1. The molecular weight excluding hydrogens is 309 g/mol. The lowest BCUT2D eigenvalue weighted by Crippen LogP contribution is -2.21. The molecule has 16 heavy (non-hydrogen) atoms. The summed E-state index contributed by atoms with van der Waals surface area (Å²) in [7, 11) is 0. The second-order valence-electron chi connectivity index (χ2n) is 3.13. The molecule has 1 atom stereocenters. The molecule has 0 aliphatic rings. The minimum atomic E-state index is -4.87. The van der Waals surface area contributed by atoms with Crippen LogP contribution in [0, 0.1) is 13.8 Å². The Kier molecular flexibility index (Phi) is 4.01. The van der Waals surface area contributed by atoms with E-state index < -0.39 is 16.6 Å². The van der Waals surface area contributed by atoms with Gasteiger partial charge in [0.25, 0.3) is 0 Å². The number of rotatable bonds is 2. The minimum absolute atomic E-state index is 0.0612. The fraction of sp³-hybridized carbons (Fsp3) is 0.333. The van der Waals surface area contributed by atoms with Crippen LogP contribution in [0.5, 0.6) is 5.75 Å². The predicted octanol–water partition coefficient (Wildman–Crippen LogP) is 3.63. The molecule has 0 bridgehead atoms. The zero-order valence-electron chi connectivity index (χ0n) is 8.39. The quantitative estimate of drug-likeness (QED) is 0.833. The third-order valence-electron chi connectivity index (χ3n) is 1.77. The molecule has 1 aromatic rings. The maximum absolute atomic E-state index is 12.0. The lowest BCUT2D eigenvalue weighted by Gasteiger charge is -2.10. The molecule has 1 rings (SSSR count). The van der Waals surface area contributed by atoms with Crippen molar-refractivity contribution in [3.63, 3.8) is 0 Å². The number of hydrogen-bond donors (Lipinski definition) is 0. The predicted molar refractivity (Wildman–Crippen MR) is 58.4 cm³/mol. The van der Waals surface area contributed by atoms with Gasteiger partial charge in [-0.3, -0.25) is 0 Å².